The molecule has 0 heterocycles. The van der Waals surface area contributed by atoms with Crippen molar-refractivity contribution in [3.8, 4) is 0 Å². The van der Waals surface area contributed by atoms with Crippen molar-refractivity contribution >= 4 is 56.4 Å². The number of carbonyl (C=O) groups excluding carboxylic acids is 2. The fourth-order valence-corrected chi connectivity index (χ4v) is 4.75. The van der Waals surface area contributed by atoms with Gasteiger partial charge in [0.05, 0.1) is 16.9 Å². The highest BCUT2D eigenvalue weighted by atomic mass is 35.5. The number of aryl methyl sites for hydroxylation is 1. The lowest BCUT2D eigenvalue weighted by Gasteiger charge is -2.32. The number of sulfonamides is 1. The van der Waals surface area contributed by atoms with Gasteiger partial charge in [-0.1, -0.05) is 35.3 Å². The fourth-order valence-electron chi connectivity index (χ4n) is 3.33. The number of halogens is 2. The molecule has 1 atom stereocenters. The molecule has 35 heavy (non-hydrogen) atoms. The van der Waals surface area contributed by atoms with Gasteiger partial charge >= 0.3 is 0 Å². The molecule has 2 rings (SSSR count). The van der Waals surface area contributed by atoms with Crippen molar-refractivity contribution in [2.24, 2.45) is 0 Å². The Kier molecular flexibility index (Phi) is 9.47. The first-order chi connectivity index (χ1) is 16.3. The van der Waals surface area contributed by atoms with Gasteiger partial charge in [-0.05, 0) is 38.5 Å². The summed E-state index contributed by atoms with van der Waals surface area (Å²) in [5, 5.41) is 14.4. The molecule has 0 radical (unpaired) electrons. The zero-order valence-electron chi connectivity index (χ0n) is 19.6. The van der Waals surface area contributed by atoms with Gasteiger partial charge < -0.3 is 10.2 Å². The van der Waals surface area contributed by atoms with E-state index < -0.39 is 39.3 Å². The molecule has 0 bridgehead atoms. The maximum absolute atomic E-state index is 13.5. The third-order valence-corrected chi connectivity index (χ3v) is 7.09. The lowest BCUT2D eigenvalue weighted by molar-refractivity contribution is -0.384. The number of nitrogens with zero attached hydrogens (tertiary/aromatic N) is 3. The number of nitrogens with one attached hydrogen (secondary N) is 1. The summed E-state index contributed by atoms with van der Waals surface area (Å²) in [7, 11) is -4.05. The quantitative estimate of drug-likeness (QED) is 0.359. The standard InChI is InChI=1S/C22H26Cl2N4O6S/c1-5-25-22(30)15(3)26(12-17-18(23)7-6-8-19(17)24)21(29)13-27(35(4,33)34)20-11-16(28(31)32)10-9-14(20)2/h6-11,15H,5,12-13H2,1-4H3,(H,25,30)/t15-/m0/s1. The van der Waals surface area contributed by atoms with E-state index in [1.165, 1.54) is 24.0 Å². The number of hydrogen-bond donors (Lipinski definition) is 1. The maximum Gasteiger partial charge on any atom is 0.271 e. The van der Waals surface area contributed by atoms with E-state index in [2.05, 4.69) is 5.32 Å². The third kappa shape index (κ3) is 7.06. The molecule has 0 fully saturated rings. The van der Waals surface area contributed by atoms with Crippen LogP contribution in [-0.4, -0.2) is 55.4 Å². The van der Waals surface area contributed by atoms with Gasteiger partial charge in [0.15, 0.2) is 0 Å². The highest BCUT2D eigenvalue weighted by Gasteiger charge is 2.31. The van der Waals surface area contributed by atoms with E-state index in [9.17, 15) is 28.1 Å². The molecule has 2 aromatic rings. The second kappa shape index (κ2) is 11.7. The topological polar surface area (TPSA) is 130 Å². The van der Waals surface area contributed by atoms with Crippen LogP contribution in [0.3, 0.4) is 0 Å². The van der Waals surface area contributed by atoms with Crippen LogP contribution in [0.5, 0.6) is 0 Å². The molecule has 0 saturated heterocycles. The molecular formula is C22H26Cl2N4O6S. The average molecular weight is 545 g/mol. The van der Waals surface area contributed by atoms with Gasteiger partial charge in [-0.15, -0.1) is 0 Å². The molecule has 1 N–H and O–H groups in total. The first-order valence-corrected chi connectivity index (χ1v) is 13.1. The molecule has 2 aromatic carbocycles. The second-order valence-electron chi connectivity index (χ2n) is 7.79. The SMILES string of the molecule is CCNC(=O)[C@H](C)N(Cc1c(Cl)cccc1Cl)C(=O)CN(c1cc([N+](=O)[O-])ccc1C)S(C)(=O)=O. The molecule has 2 amide bonds. The Hall–Kier alpha value is -2.89. The van der Waals surface area contributed by atoms with Gasteiger partial charge in [0.2, 0.25) is 21.8 Å². The average Bonchev–Trinajstić information content (AvgIpc) is 2.76. The van der Waals surface area contributed by atoms with Gasteiger partial charge in [0, 0.05) is 40.8 Å². The van der Waals surface area contributed by atoms with E-state index >= 15 is 0 Å². The minimum Gasteiger partial charge on any atom is -0.355 e. The highest BCUT2D eigenvalue weighted by Crippen LogP contribution is 2.29. The summed E-state index contributed by atoms with van der Waals surface area (Å²) in [6.07, 6.45) is 0.890. The normalized spacial score (nSPS) is 12.1. The predicted octanol–water partition coefficient (Wildman–Crippen LogP) is 3.53. The summed E-state index contributed by atoms with van der Waals surface area (Å²) in [6, 6.07) is 7.52. The largest absolute Gasteiger partial charge is 0.355 e. The van der Waals surface area contributed by atoms with Gasteiger partial charge in [0.25, 0.3) is 5.69 Å². The zero-order valence-corrected chi connectivity index (χ0v) is 21.9. The molecular weight excluding hydrogens is 519 g/mol. The molecule has 0 saturated carbocycles. The van der Waals surface area contributed by atoms with Crippen LogP contribution in [0.1, 0.15) is 25.0 Å². The zero-order chi connectivity index (χ0) is 26.5. The third-order valence-electron chi connectivity index (χ3n) is 5.26. The van der Waals surface area contributed by atoms with Crippen LogP contribution in [0.2, 0.25) is 10.0 Å². The summed E-state index contributed by atoms with van der Waals surface area (Å²) in [4.78, 5) is 37.9. The Morgan fingerprint density at radius 2 is 1.77 bits per heavy atom. The summed E-state index contributed by atoms with van der Waals surface area (Å²) in [6.45, 7) is 4.24. The van der Waals surface area contributed by atoms with Crippen molar-refractivity contribution in [2.75, 3.05) is 23.7 Å². The number of rotatable bonds is 10. The number of likely N-dealkylation sites (N-methyl/N-ethyl adjacent to an activating group) is 1. The number of non-ortho nitro benzene ring substituents is 1. The Morgan fingerprint density at radius 1 is 1.17 bits per heavy atom. The molecule has 190 valence electrons. The smallest absolute Gasteiger partial charge is 0.271 e. The minimum absolute atomic E-state index is 0.0172. The van der Waals surface area contributed by atoms with Crippen molar-refractivity contribution in [2.45, 2.75) is 33.4 Å². The molecule has 10 nitrogen and oxygen atoms in total. The van der Waals surface area contributed by atoms with Crippen LogP contribution in [0.15, 0.2) is 36.4 Å². The number of nitro groups is 1. The van der Waals surface area contributed by atoms with E-state index in [1.807, 2.05) is 0 Å². The lowest BCUT2D eigenvalue weighted by atomic mass is 10.1. The van der Waals surface area contributed by atoms with Crippen LogP contribution in [0.4, 0.5) is 11.4 Å². The van der Waals surface area contributed by atoms with Gasteiger partial charge in [0.1, 0.15) is 12.6 Å². The van der Waals surface area contributed by atoms with Crippen LogP contribution in [-0.2, 0) is 26.2 Å². The van der Waals surface area contributed by atoms with Crippen molar-refractivity contribution in [1.82, 2.24) is 10.2 Å². The summed E-state index contributed by atoms with van der Waals surface area (Å²) < 4.78 is 26.1. The fraction of sp³-hybridized carbons (Fsp3) is 0.364. The van der Waals surface area contributed by atoms with Crippen LogP contribution in [0, 0.1) is 17.0 Å². The Morgan fingerprint density at radius 3 is 2.29 bits per heavy atom. The first kappa shape index (κ1) is 28.3. The Bertz CT molecular complexity index is 1220. The highest BCUT2D eigenvalue weighted by molar-refractivity contribution is 7.92. The van der Waals surface area contributed by atoms with Gasteiger partial charge in [-0.2, -0.15) is 0 Å². The second-order valence-corrected chi connectivity index (χ2v) is 10.5. The number of anilines is 1. The van der Waals surface area contributed by atoms with Crippen LogP contribution >= 0.6 is 23.2 Å². The predicted molar refractivity (Wildman–Crippen MR) is 135 cm³/mol. The number of nitro benzene ring substituents is 1. The summed E-state index contributed by atoms with van der Waals surface area (Å²) >= 11 is 12.5. The Balaban J connectivity index is 2.53. The summed E-state index contributed by atoms with van der Waals surface area (Å²) in [5.74, 6) is -1.18. The molecule has 0 aliphatic carbocycles. The monoisotopic (exact) mass is 544 g/mol. The van der Waals surface area contributed by atoms with E-state index in [0.29, 0.717) is 17.7 Å². The molecule has 0 aliphatic rings. The van der Waals surface area contributed by atoms with E-state index in [4.69, 9.17) is 23.2 Å². The number of hydrogen-bond acceptors (Lipinski definition) is 6. The molecule has 0 aromatic heterocycles. The van der Waals surface area contributed by atoms with Gasteiger partial charge in [-0.3, -0.25) is 24.0 Å². The van der Waals surface area contributed by atoms with Crippen molar-refractivity contribution in [3.05, 3.63) is 67.7 Å². The number of amides is 2. The summed E-state index contributed by atoms with van der Waals surface area (Å²) in [5.41, 5.74) is 0.447. The maximum atomic E-state index is 13.5. The van der Waals surface area contributed by atoms with Gasteiger partial charge in [-0.25, -0.2) is 8.42 Å². The van der Waals surface area contributed by atoms with Crippen LogP contribution in [0.25, 0.3) is 0 Å². The van der Waals surface area contributed by atoms with E-state index in [0.717, 1.165) is 16.6 Å². The van der Waals surface area contributed by atoms with Crippen molar-refractivity contribution in [3.63, 3.8) is 0 Å². The van der Waals surface area contributed by atoms with Crippen molar-refractivity contribution < 1.29 is 22.9 Å². The molecule has 0 spiro atoms. The van der Waals surface area contributed by atoms with Crippen LogP contribution < -0.4 is 9.62 Å². The minimum atomic E-state index is -4.05. The molecule has 0 unspecified atom stereocenters. The Labute approximate surface area is 214 Å². The lowest BCUT2D eigenvalue weighted by Crippen LogP contribution is -2.51. The van der Waals surface area contributed by atoms with E-state index in [-0.39, 0.29) is 28.0 Å². The number of benzene rings is 2. The molecule has 13 heteroatoms. The number of carbonyl (C=O) groups is 2. The molecule has 0 aliphatic heterocycles. The first-order valence-electron chi connectivity index (χ1n) is 10.5. The van der Waals surface area contributed by atoms with E-state index in [1.54, 1.807) is 32.0 Å². The van der Waals surface area contributed by atoms with Crippen molar-refractivity contribution in [1.29, 1.82) is 0 Å².